The molecular formula is C12H15BrN2O3. The summed E-state index contributed by atoms with van der Waals surface area (Å²) in [6, 6.07) is 5.09. The van der Waals surface area contributed by atoms with Crippen LogP contribution in [0.3, 0.4) is 0 Å². The molecule has 1 aromatic carbocycles. The van der Waals surface area contributed by atoms with Gasteiger partial charge in [0.1, 0.15) is 5.69 Å². The van der Waals surface area contributed by atoms with Gasteiger partial charge < -0.3 is 10.4 Å². The van der Waals surface area contributed by atoms with Crippen LogP contribution < -0.4 is 5.32 Å². The van der Waals surface area contributed by atoms with Crippen molar-refractivity contribution in [1.29, 1.82) is 0 Å². The van der Waals surface area contributed by atoms with Crippen LogP contribution in [0.1, 0.15) is 19.3 Å². The molecule has 18 heavy (non-hydrogen) atoms. The maximum atomic E-state index is 11.0. The van der Waals surface area contributed by atoms with Crippen molar-refractivity contribution in [2.75, 3.05) is 11.9 Å². The molecule has 0 aliphatic heterocycles. The summed E-state index contributed by atoms with van der Waals surface area (Å²) >= 11 is 3.23. The number of nitrogens with zero attached hydrogens (tertiary/aromatic N) is 1. The van der Waals surface area contributed by atoms with Crippen LogP contribution in [0, 0.1) is 16.0 Å². The molecule has 0 heterocycles. The predicted molar refractivity (Wildman–Crippen MR) is 72.6 cm³/mol. The fourth-order valence-electron chi connectivity index (χ4n) is 2.42. The highest BCUT2D eigenvalue weighted by Crippen LogP contribution is 2.33. The summed E-state index contributed by atoms with van der Waals surface area (Å²) in [4.78, 5) is 10.6. The molecule has 1 fully saturated rings. The first-order chi connectivity index (χ1) is 8.61. The summed E-state index contributed by atoms with van der Waals surface area (Å²) in [5, 5.41) is 23.4. The summed E-state index contributed by atoms with van der Waals surface area (Å²) < 4.78 is 0.685. The van der Waals surface area contributed by atoms with Crippen LogP contribution >= 0.6 is 15.9 Å². The Kier molecular flexibility index (Phi) is 4.19. The summed E-state index contributed by atoms with van der Waals surface area (Å²) in [6.07, 6.45) is 2.96. The van der Waals surface area contributed by atoms with Gasteiger partial charge in [0, 0.05) is 29.1 Å². The van der Waals surface area contributed by atoms with Crippen LogP contribution in [-0.2, 0) is 0 Å². The largest absolute Gasteiger partial charge is 0.396 e. The number of anilines is 1. The number of benzene rings is 1. The maximum absolute atomic E-state index is 11.0. The lowest BCUT2D eigenvalue weighted by molar-refractivity contribution is -0.384. The van der Waals surface area contributed by atoms with Crippen LogP contribution in [0.2, 0.25) is 0 Å². The predicted octanol–water partition coefficient (Wildman–Crippen LogP) is 2.93. The molecule has 0 spiro atoms. The number of nitrogens with one attached hydrogen (secondary N) is 1. The second-order valence-electron chi connectivity index (χ2n) is 4.54. The quantitative estimate of drug-likeness (QED) is 0.662. The molecule has 2 N–H and O–H groups in total. The van der Waals surface area contributed by atoms with E-state index in [1.165, 1.54) is 6.07 Å². The summed E-state index contributed by atoms with van der Waals surface area (Å²) in [5.74, 6) is 0.188. The van der Waals surface area contributed by atoms with Gasteiger partial charge in [-0.3, -0.25) is 10.1 Å². The Bertz CT molecular complexity index is 453. The minimum Gasteiger partial charge on any atom is -0.396 e. The number of aliphatic hydroxyl groups excluding tert-OH is 1. The summed E-state index contributed by atoms with van der Waals surface area (Å²) in [5.41, 5.74) is 0.585. The van der Waals surface area contributed by atoms with Crippen molar-refractivity contribution >= 4 is 27.3 Å². The Hall–Kier alpha value is -1.14. The molecule has 98 valence electrons. The van der Waals surface area contributed by atoms with Crippen molar-refractivity contribution in [2.45, 2.75) is 25.3 Å². The van der Waals surface area contributed by atoms with Gasteiger partial charge in [0.15, 0.2) is 0 Å². The lowest BCUT2D eigenvalue weighted by Gasteiger charge is -2.20. The highest BCUT2D eigenvalue weighted by atomic mass is 79.9. The molecule has 0 saturated heterocycles. The fourth-order valence-corrected chi connectivity index (χ4v) is 2.77. The topological polar surface area (TPSA) is 75.4 Å². The Morgan fingerprint density at radius 1 is 1.50 bits per heavy atom. The standard InChI is InChI=1S/C12H15BrN2O3/c13-9-4-5-11(12(6-9)15(17)18)14-10-3-1-2-8(10)7-16/h4-6,8,10,14,16H,1-3,7H2. The van der Waals surface area contributed by atoms with Gasteiger partial charge >= 0.3 is 0 Å². The Morgan fingerprint density at radius 3 is 2.94 bits per heavy atom. The highest BCUT2D eigenvalue weighted by molar-refractivity contribution is 9.10. The van der Waals surface area contributed by atoms with E-state index in [0.717, 1.165) is 19.3 Å². The third kappa shape index (κ3) is 2.81. The van der Waals surface area contributed by atoms with E-state index in [2.05, 4.69) is 21.2 Å². The van der Waals surface area contributed by atoms with Crippen LogP contribution in [0.15, 0.2) is 22.7 Å². The van der Waals surface area contributed by atoms with Gasteiger partial charge in [-0.25, -0.2) is 0 Å². The molecule has 0 amide bonds. The molecule has 2 atom stereocenters. The van der Waals surface area contributed by atoms with Crippen LogP contribution in [0.4, 0.5) is 11.4 Å². The van der Waals surface area contributed by atoms with Crippen LogP contribution in [0.5, 0.6) is 0 Å². The van der Waals surface area contributed by atoms with Gasteiger partial charge in [-0.1, -0.05) is 22.4 Å². The molecule has 6 heteroatoms. The van der Waals surface area contributed by atoms with E-state index < -0.39 is 4.92 Å². The average Bonchev–Trinajstić information content (AvgIpc) is 2.78. The SMILES string of the molecule is O=[N+]([O-])c1cc(Br)ccc1NC1CCCC1CO. The summed E-state index contributed by atoms with van der Waals surface area (Å²) in [7, 11) is 0. The summed E-state index contributed by atoms with van der Waals surface area (Å²) in [6.45, 7) is 0.127. The second kappa shape index (κ2) is 5.67. The number of rotatable bonds is 4. The zero-order valence-electron chi connectivity index (χ0n) is 9.80. The zero-order chi connectivity index (χ0) is 13.1. The molecule has 1 aliphatic rings. The van der Waals surface area contributed by atoms with E-state index >= 15 is 0 Å². The molecular weight excluding hydrogens is 300 g/mol. The molecule has 1 aromatic rings. The molecule has 0 aromatic heterocycles. The highest BCUT2D eigenvalue weighted by Gasteiger charge is 2.28. The third-order valence-corrected chi connectivity index (χ3v) is 3.88. The Balaban J connectivity index is 2.20. The van der Waals surface area contributed by atoms with Crippen molar-refractivity contribution < 1.29 is 10.0 Å². The van der Waals surface area contributed by atoms with Gasteiger partial charge in [-0.2, -0.15) is 0 Å². The van der Waals surface area contributed by atoms with Crippen molar-refractivity contribution in [3.63, 3.8) is 0 Å². The van der Waals surface area contributed by atoms with Gasteiger partial charge in [0.2, 0.25) is 0 Å². The minimum atomic E-state index is -0.393. The monoisotopic (exact) mass is 314 g/mol. The number of nitro groups is 1. The van der Waals surface area contributed by atoms with Crippen LogP contribution in [0.25, 0.3) is 0 Å². The Morgan fingerprint density at radius 2 is 2.28 bits per heavy atom. The van der Waals surface area contributed by atoms with E-state index in [-0.39, 0.29) is 24.3 Å². The van der Waals surface area contributed by atoms with Gasteiger partial charge in [0.05, 0.1) is 4.92 Å². The van der Waals surface area contributed by atoms with E-state index in [4.69, 9.17) is 0 Å². The number of hydrogen-bond acceptors (Lipinski definition) is 4. The van der Waals surface area contributed by atoms with Crippen molar-refractivity contribution in [3.05, 3.63) is 32.8 Å². The minimum absolute atomic E-state index is 0.0629. The molecule has 0 radical (unpaired) electrons. The first kappa shape index (κ1) is 13.3. The molecule has 2 unspecified atom stereocenters. The van der Waals surface area contributed by atoms with Crippen molar-refractivity contribution in [3.8, 4) is 0 Å². The van der Waals surface area contributed by atoms with E-state index in [0.29, 0.717) is 10.2 Å². The maximum Gasteiger partial charge on any atom is 0.293 e. The fraction of sp³-hybridized carbons (Fsp3) is 0.500. The number of hydrogen-bond donors (Lipinski definition) is 2. The lowest BCUT2D eigenvalue weighted by Crippen LogP contribution is -2.26. The zero-order valence-corrected chi connectivity index (χ0v) is 11.4. The molecule has 1 aliphatic carbocycles. The Labute approximate surface area is 113 Å². The van der Waals surface area contributed by atoms with Crippen molar-refractivity contribution in [1.82, 2.24) is 0 Å². The third-order valence-electron chi connectivity index (χ3n) is 3.39. The van der Waals surface area contributed by atoms with E-state index in [1.54, 1.807) is 12.1 Å². The van der Waals surface area contributed by atoms with Gasteiger partial charge in [-0.15, -0.1) is 0 Å². The first-order valence-electron chi connectivity index (χ1n) is 5.93. The lowest BCUT2D eigenvalue weighted by atomic mass is 10.0. The average molecular weight is 315 g/mol. The van der Waals surface area contributed by atoms with Crippen molar-refractivity contribution in [2.24, 2.45) is 5.92 Å². The van der Waals surface area contributed by atoms with E-state index in [9.17, 15) is 15.2 Å². The molecule has 2 rings (SSSR count). The van der Waals surface area contributed by atoms with Crippen LogP contribution in [-0.4, -0.2) is 22.7 Å². The number of nitro benzene ring substituents is 1. The normalized spacial score (nSPS) is 23.0. The van der Waals surface area contributed by atoms with Gasteiger partial charge in [0.25, 0.3) is 5.69 Å². The molecule has 5 nitrogen and oxygen atoms in total. The number of aliphatic hydroxyl groups is 1. The molecule has 1 saturated carbocycles. The first-order valence-corrected chi connectivity index (χ1v) is 6.72. The molecule has 0 bridgehead atoms. The van der Waals surface area contributed by atoms with Gasteiger partial charge in [-0.05, 0) is 25.0 Å². The second-order valence-corrected chi connectivity index (χ2v) is 5.46. The smallest absolute Gasteiger partial charge is 0.293 e. The number of halogens is 1. The van der Waals surface area contributed by atoms with E-state index in [1.807, 2.05) is 0 Å².